The molecule has 1 fully saturated rings. The molecule has 0 bridgehead atoms. The van der Waals surface area contributed by atoms with Crippen LogP contribution < -0.4 is 0 Å². The normalized spacial score (nSPS) is 33.6. The van der Waals surface area contributed by atoms with Crippen LogP contribution in [0.3, 0.4) is 0 Å². The van der Waals surface area contributed by atoms with E-state index in [1.165, 1.54) is 7.11 Å². The molecule has 1 amide bonds. The van der Waals surface area contributed by atoms with Crippen LogP contribution in [0.15, 0.2) is 0 Å². The van der Waals surface area contributed by atoms with Gasteiger partial charge in [0.25, 0.3) is 0 Å². The van der Waals surface area contributed by atoms with Gasteiger partial charge in [0, 0.05) is 13.5 Å². The average molecular weight is 246 g/mol. The number of hydrogen-bond donors (Lipinski definition) is 2. The molecule has 1 aliphatic rings. The lowest BCUT2D eigenvalue weighted by Crippen LogP contribution is -2.67. The summed E-state index contributed by atoms with van der Waals surface area (Å²) >= 11 is 0. The van der Waals surface area contributed by atoms with E-state index in [9.17, 15) is 19.8 Å². The second-order valence-electron chi connectivity index (χ2n) is 5.45. The van der Waals surface area contributed by atoms with Crippen molar-refractivity contribution in [2.45, 2.75) is 44.9 Å². The molecule has 2 N–H and O–H groups in total. The zero-order valence-electron chi connectivity index (χ0n) is 10.6. The number of rotatable bonds is 2. The van der Waals surface area contributed by atoms with Crippen molar-refractivity contribution in [3.63, 3.8) is 0 Å². The number of aliphatic carboxylic acids is 1. The Balaban J connectivity index is 3.27. The Kier molecular flexibility index (Phi) is 3.50. The summed E-state index contributed by atoms with van der Waals surface area (Å²) in [4.78, 5) is 22.9. The first-order chi connectivity index (χ1) is 7.66. The van der Waals surface area contributed by atoms with Gasteiger partial charge in [0.05, 0.1) is 0 Å². The largest absolute Gasteiger partial charge is 0.514 e. The lowest BCUT2D eigenvalue weighted by atomic mass is 10.00. The SMILES string of the molecule is CO[C@@H]1C[C@H](C(=O)O)[N+](C(=O)O)(C(C)(C)C)C1. The molecule has 98 valence electrons. The fourth-order valence-electron chi connectivity index (χ4n) is 2.65. The number of carbonyl (C=O) groups is 2. The van der Waals surface area contributed by atoms with Crippen LogP contribution in [0.2, 0.25) is 0 Å². The summed E-state index contributed by atoms with van der Waals surface area (Å²) in [6.07, 6.45) is -1.20. The van der Waals surface area contributed by atoms with E-state index < -0.39 is 28.1 Å². The number of quaternary nitrogens is 1. The van der Waals surface area contributed by atoms with Crippen LogP contribution in [0, 0.1) is 0 Å². The van der Waals surface area contributed by atoms with Gasteiger partial charge in [-0.1, -0.05) is 0 Å². The predicted molar refractivity (Wildman–Crippen MR) is 59.7 cm³/mol. The van der Waals surface area contributed by atoms with E-state index in [1.807, 2.05) is 0 Å². The van der Waals surface area contributed by atoms with Crippen molar-refractivity contribution >= 4 is 12.1 Å². The fourth-order valence-corrected chi connectivity index (χ4v) is 2.65. The number of likely N-dealkylation sites (tertiary alicyclic amines) is 1. The Hall–Kier alpha value is -1.14. The standard InChI is InChI=1S/C11H19NO5/c1-11(2,3)12(10(15)16)6-7(17-4)5-8(12)9(13)14/h7-8H,5-6H2,1-4H3,(H-,13,14,15,16)/p+1/t7-,8-,12?/m1/s1. The van der Waals surface area contributed by atoms with Gasteiger partial charge in [0.2, 0.25) is 6.04 Å². The van der Waals surface area contributed by atoms with Crippen molar-refractivity contribution in [3.05, 3.63) is 0 Å². The van der Waals surface area contributed by atoms with Gasteiger partial charge in [0.1, 0.15) is 18.2 Å². The second-order valence-corrected chi connectivity index (χ2v) is 5.45. The minimum atomic E-state index is -1.11. The maximum Gasteiger partial charge on any atom is 0.514 e. The number of carboxylic acid groups (broad SMARTS) is 2. The third-order valence-electron chi connectivity index (χ3n) is 3.67. The lowest BCUT2D eigenvalue weighted by Gasteiger charge is -2.43. The van der Waals surface area contributed by atoms with Gasteiger partial charge >= 0.3 is 12.1 Å². The molecule has 0 radical (unpaired) electrons. The summed E-state index contributed by atoms with van der Waals surface area (Å²) in [6.45, 7) is 5.42. The number of ether oxygens (including phenoxy) is 1. The summed E-state index contributed by atoms with van der Waals surface area (Å²) in [5, 5.41) is 18.7. The molecule has 17 heavy (non-hydrogen) atoms. The zero-order valence-corrected chi connectivity index (χ0v) is 10.6. The third-order valence-corrected chi connectivity index (χ3v) is 3.67. The summed E-state index contributed by atoms with van der Waals surface area (Å²) in [5.41, 5.74) is -0.692. The molecular weight excluding hydrogens is 226 g/mol. The molecule has 0 saturated carbocycles. The van der Waals surface area contributed by atoms with E-state index in [0.717, 1.165) is 0 Å². The van der Waals surface area contributed by atoms with Crippen molar-refractivity contribution in [2.75, 3.05) is 13.7 Å². The van der Waals surface area contributed by atoms with E-state index in [2.05, 4.69) is 0 Å². The molecule has 3 atom stereocenters. The molecule has 6 nitrogen and oxygen atoms in total. The highest BCUT2D eigenvalue weighted by molar-refractivity contribution is 5.75. The highest BCUT2D eigenvalue weighted by Crippen LogP contribution is 2.38. The van der Waals surface area contributed by atoms with Gasteiger partial charge in [-0.05, 0) is 20.8 Å². The number of nitrogens with zero attached hydrogens (tertiary/aromatic N) is 1. The average Bonchev–Trinajstić information content (AvgIpc) is 2.56. The molecule has 1 saturated heterocycles. The number of methoxy groups -OCH3 is 1. The van der Waals surface area contributed by atoms with Gasteiger partial charge in [0.15, 0.2) is 0 Å². The van der Waals surface area contributed by atoms with Gasteiger partial charge in [-0.15, -0.1) is 0 Å². The minimum absolute atomic E-state index is 0.187. The van der Waals surface area contributed by atoms with Crippen LogP contribution in [0.25, 0.3) is 0 Å². The molecule has 1 heterocycles. The Bertz CT molecular complexity index is 335. The molecule has 6 heteroatoms. The number of carboxylic acids is 1. The van der Waals surface area contributed by atoms with Crippen LogP contribution in [-0.2, 0) is 9.53 Å². The van der Waals surface area contributed by atoms with Crippen LogP contribution in [0.5, 0.6) is 0 Å². The first kappa shape index (κ1) is 13.9. The zero-order chi connectivity index (χ0) is 13.4. The Morgan fingerprint density at radius 2 is 1.82 bits per heavy atom. The van der Waals surface area contributed by atoms with Crippen molar-refractivity contribution in [1.29, 1.82) is 0 Å². The fraction of sp³-hybridized carbons (Fsp3) is 0.818. The van der Waals surface area contributed by atoms with E-state index in [0.29, 0.717) is 0 Å². The monoisotopic (exact) mass is 246 g/mol. The third kappa shape index (κ3) is 2.02. The molecule has 1 rings (SSSR count). The van der Waals surface area contributed by atoms with E-state index >= 15 is 0 Å². The van der Waals surface area contributed by atoms with Crippen LogP contribution in [0.1, 0.15) is 27.2 Å². The van der Waals surface area contributed by atoms with Crippen molar-refractivity contribution < 1.29 is 29.0 Å². The molecule has 1 aliphatic heterocycles. The van der Waals surface area contributed by atoms with E-state index in [-0.39, 0.29) is 19.1 Å². The summed E-state index contributed by atoms with van der Waals surface area (Å²) in [6, 6.07) is -0.961. The van der Waals surface area contributed by atoms with Gasteiger partial charge < -0.3 is 14.9 Å². The second kappa shape index (κ2) is 4.27. The van der Waals surface area contributed by atoms with Gasteiger partial charge in [-0.25, -0.2) is 9.28 Å². The summed E-state index contributed by atoms with van der Waals surface area (Å²) in [5.74, 6) is -1.08. The van der Waals surface area contributed by atoms with E-state index in [1.54, 1.807) is 20.8 Å². The summed E-state index contributed by atoms with van der Waals surface area (Å²) in [7, 11) is 1.48. The van der Waals surface area contributed by atoms with Gasteiger partial charge in [-0.3, -0.25) is 0 Å². The Morgan fingerprint density at radius 3 is 2.06 bits per heavy atom. The van der Waals surface area contributed by atoms with Crippen molar-refractivity contribution in [1.82, 2.24) is 0 Å². The lowest BCUT2D eigenvalue weighted by molar-refractivity contribution is -0.908. The van der Waals surface area contributed by atoms with Crippen LogP contribution in [-0.4, -0.2) is 58.1 Å². The maximum absolute atomic E-state index is 11.6. The molecule has 0 spiro atoms. The molecule has 0 aliphatic carbocycles. The number of amides is 1. The molecule has 1 unspecified atom stereocenters. The Labute approximate surface area is 100 Å². The number of hydrogen-bond acceptors (Lipinski definition) is 3. The highest BCUT2D eigenvalue weighted by atomic mass is 16.5. The predicted octanol–water partition coefficient (Wildman–Crippen LogP) is 1.15. The van der Waals surface area contributed by atoms with Crippen LogP contribution >= 0.6 is 0 Å². The smallest absolute Gasteiger partial charge is 0.477 e. The molecule has 0 aromatic rings. The molecule has 0 aromatic carbocycles. The molecule has 0 aromatic heterocycles. The maximum atomic E-state index is 11.6. The summed E-state index contributed by atoms with van der Waals surface area (Å²) < 4.78 is 4.66. The minimum Gasteiger partial charge on any atom is -0.477 e. The first-order valence-electron chi connectivity index (χ1n) is 5.53. The van der Waals surface area contributed by atoms with Crippen molar-refractivity contribution in [3.8, 4) is 0 Å². The van der Waals surface area contributed by atoms with Crippen LogP contribution in [0.4, 0.5) is 4.79 Å². The Morgan fingerprint density at radius 1 is 1.29 bits per heavy atom. The van der Waals surface area contributed by atoms with Crippen molar-refractivity contribution in [2.24, 2.45) is 0 Å². The topological polar surface area (TPSA) is 83.8 Å². The van der Waals surface area contributed by atoms with Gasteiger partial charge in [-0.2, -0.15) is 4.79 Å². The highest BCUT2D eigenvalue weighted by Gasteiger charge is 2.62. The molecular formula is C11H20NO5+. The quantitative estimate of drug-likeness (QED) is 0.714. The first-order valence-corrected chi connectivity index (χ1v) is 5.53. The van der Waals surface area contributed by atoms with E-state index in [4.69, 9.17) is 4.74 Å².